The van der Waals surface area contributed by atoms with Crippen LogP contribution >= 0.6 is 23.2 Å². The molecule has 5 heteroatoms. The first kappa shape index (κ1) is 16.9. The highest BCUT2D eigenvalue weighted by atomic mass is 35.5. The summed E-state index contributed by atoms with van der Waals surface area (Å²) in [5.41, 5.74) is 2.82. The predicted molar refractivity (Wildman–Crippen MR) is 97.0 cm³/mol. The molecule has 0 bridgehead atoms. The van der Waals surface area contributed by atoms with Gasteiger partial charge in [-0.3, -0.25) is 0 Å². The second-order valence-electron chi connectivity index (χ2n) is 5.46. The van der Waals surface area contributed by atoms with E-state index in [1.165, 1.54) is 0 Å². The van der Waals surface area contributed by atoms with Crippen LogP contribution in [0.15, 0.2) is 52.9 Å². The van der Waals surface area contributed by atoms with Crippen molar-refractivity contribution >= 4 is 23.2 Å². The first-order chi connectivity index (χ1) is 11.6. The fourth-order valence-electron chi connectivity index (χ4n) is 2.46. The zero-order valence-electron chi connectivity index (χ0n) is 13.3. The summed E-state index contributed by atoms with van der Waals surface area (Å²) in [6, 6.07) is 15.4. The van der Waals surface area contributed by atoms with E-state index in [1.807, 2.05) is 55.5 Å². The number of nitrogens with zero attached hydrogens (tertiary/aromatic N) is 1. The molecule has 0 saturated carbocycles. The Labute approximate surface area is 151 Å². The summed E-state index contributed by atoms with van der Waals surface area (Å²) >= 11 is 11.9. The van der Waals surface area contributed by atoms with Crippen LogP contribution in [0.5, 0.6) is 5.75 Å². The van der Waals surface area contributed by atoms with Gasteiger partial charge in [-0.05, 0) is 48.7 Å². The van der Waals surface area contributed by atoms with Crippen molar-refractivity contribution in [3.8, 4) is 17.0 Å². The van der Waals surface area contributed by atoms with E-state index in [0.717, 1.165) is 34.8 Å². The number of benzene rings is 2. The van der Waals surface area contributed by atoms with Crippen LogP contribution in [0.4, 0.5) is 0 Å². The van der Waals surface area contributed by atoms with E-state index >= 15 is 0 Å². The molecule has 0 unspecified atom stereocenters. The maximum absolute atomic E-state index is 5.94. The number of oxazole rings is 1. The Morgan fingerprint density at radius 1 is 1.04 bits per heavy atom. The van der Waals surface area contributed by atoms with E-state index in [9.17, 15) is 0 Å². The Balaban J connectivity index is 1.63. The van der Waals surface area contributed by atoms with Crippen molar-refractivity contribution in [2.75, 3.05) is 6.61 Å². The normalized spacial score (nSPS) is 10.8. The Morgan fingerprint density at radius 3 is 2.54 bits per heavy atom. The number of hydrogen-bond donors (Lipinski definition) is 0. The lowest BCUT2D eigenvalue weighted by atomic mass is 10.1. The standard InChI is InChI=1S/C19H17Cl2NO2/c1-13-5-2-3-6-16(13)23-12-4-7-17-18(22-19(21)24-17)14-8-10-15(20)11-9-14/h2-3,5-6,8-11H,4,7,12H2,1H3. The van der Waals surface area contributed by atoms with E-state index in [4.69, 9.17) is 32.4 Å². The highest BCUT2D eigenvalue weighted by Crippen LogP contribution is 2.28. The largest absolute Gasteiger partial charge is 0.493 e. The van der Waals surface area contributed by atoms with Gasteiger partial charge in [0.15, 0.2) is 0 Å². The monoisotopic (exact) mass is 361 g/mol. The summed E-state index contributed by atoms with van der Waals surface area (Å²) in [5, 5.41) is 0.830. The molecule has 0 fully saturated rings. The van der Waals surface area contributed by atoms with Gasteiger partial charge in [-0.25, -0.2) is 0 Å². The number of halogens is 2. The quantitative estimate of drug-likeness (QED) is 0.507. The molecule has 0 spiro atoms. The molecule has 0 aliphatic carbocycles. The fraction of sp³-hybridized carbons (Fsp3) is 0.211. The van der Waals surface area contributed by atoms with E-state index < -0.39 is 0 Å². The predicted octanol–water partition coefficient (Wildman–Crippen LogP) is 5.97. The van der Waals surface area contributed by atoms with E-state index in [0.29, 0.717) is 18.1 Å². The van der Waals surface area contributed by atoms with Crippen LogP contribution in [0.2, 0.25) is 10.4 Å². The van der Waals surface area contributed by atoms with Crippen molar-refractivity contribution in [3.63, 3.8) is 0 Å². The maximum atomic E-state index is 5.94. The number of hydrogen-bond acceptors (Lipinski definition) is 3. The molecular weight excluding hydrogens is 345 g/mol. The second-order valence-corrected chi connectivity index (χ2v) is 6.22. The summed E-state index contributed by atoms with van der Waals surface area (Å²) in [6.45, 7) is 2.63. The molecule has 2 aromatic carbocycles. The van der Waals surface area contributed by atoms with Crippen molar-refractivity contribution < 1.29 is 9.15 Å². The van der Waals surface area contributed by atoms with E-state index in [-0.39, 0.29) is 5.35 Å². The highest BCUT2D eigenvalue weighted by molar-refractivity contribution is 6.30. The zero-order valence-corrected chi connectivity index (χ0v) is 14.8. The lowest BCUT2D eigenvalue weighted by Gasteiger charge is -2.08. The van der Waals surface area contributed by atoms with Crippen molar-refractivity contribution in [1.29, 1.82) is 0 Å². The van der Waals surface area contributed by atoms with Crippen LogP contribution in [-0.4, -0.2) is 11.6 Å². The minimum atomic E-state index is 0.148. The molecule has 3 nitrogen and oxygen atoms in total. The Morgan fingerprint density at radius 2 is 1.79 bits per heavy atom. The molecule has 0 amide bonds. The summed E-state index contributed by atoms with van der Waals surface area (Å²) in [6.07, 6.45) is 1.50. The topological polar surface area (TPSA) is 35.3 Å². The van der Waals surface area contributed by atoms with Crippen molar-refractivity contribution in [1.82, 2.24) is 4.98 Å². The van der Waals surface area contributed by atoms with Crippen molar-refractivity contribution in [3.05, 3.63) is 70.2 Å². The van der Waals surface area contributed by atoms with Gasteiger partial charge in [0.05, 0.1) is 6.61 Å². The smallest absolute Gasteiger partial charge is 0.292 e. The van der Waals surface area contributed by atoms with Gasteiger partial charge in [-0.2, -0.15) is 4.98 Å². The van der Waals surface area contributed by atoms with Crippen LogP contribution in [0.1, 0.15) is 17.7 Å². The molecule has 1 aromatic heterocycles. The molecule has 0 saturated heterocycles. The van der Waals surface area contributed by atoms with E-state index in [2.05, 4.69) is 4.98 Å². The first-order valence-corrected chi connectivity index (χ1v) is 8.48. The molecule has 0 aliphatic heterocycles. The Bertz CT molecular complexity index is 812. The number of aromatic nitrogens is 1. The number of aryl methyl sites for hydroxylation is 2. The third-order valence-corrected chi connectivity index (χ3v) is 4.10. The van der Waals surface area contributed by atoms with Gasteiger partial charge in [0.25, 0.3) is 5.35 Å². The van der Waals surface area contributed by atoms with Crippen LogP contribution in [-0.2, 0) is 6.42 Å². The van der Waals surface area contributed by atoms with Gasteiger partial charge in [0.2, 0.25) is 0 Å². The third-order valence-electron chi connectivity index (χ3n) is 3.69. The molecule has 3 aromatic rings. The summed E-state index contributed by atoms with van der Waals surface area (Å²) in [5.74, 6) is 1.67. The van der Waals surface area contributed by atoms with Gasteiger partial charge in [-0.15, -0.1) is 0 Å². The lowest BCUT2D eigenvalue weighted by Crippen LogP contribution is -2.00. The van der Waals surface area contributed by atoms with E-state index in [1.54, 1.807) is 0 Å². The van der Waals surface area contributed by atoms with Crippen molar-refractivity contribution in [2.24, 2.45) is 0 Å². The molecule has 1 heterocycles. The molecule has 24 heavy (non-hydrogen) atoms. The molecule has 0 radical (unpaired) electrons. The zero-order chi connectivity index (χ0) is 16.9. The number of rotatable bonds is 6. The van der Waals surface area contributed by atoms with Gasteiger partial charge >= 0.3 is 0 Å². The maximum Gasteiger partial charge on any atom is 0.292 e. The SMILES string of the molecule is Cc1ccccc1OCCCc1oc(Cl)nc1-c1ccc(Cl)cc1. The molecule has 0 atom stereocenters. The number of para-hydroxylation sites is 1. The summed E-state index contributed by atoms with van der Waals surface area (Å²) in [7, 11) is 0. The molecular formula is C19H17Cl2NO2. The minimum Gasteiger partial charge on any atom is -0.493 e. The second kappa shape index (κ2) is 7.73. The molecule has 3 rings (SSSR count). The first-order valence-electron chi connectivity index (χ1n) is 7.73. The van der Waals surface area contributed by atoms with Gasteiger partial charge in [0.1, 0.15) is 17.2 Å². The molecule has 0 N–H and O–H groups in total. The Kier molecular flexibility index (Phi) is 5.44. The summed E-state index contributed by atoms with van der Waals surface area (Å²) < 4.78 is 11.4. The molecule has 0 aliphatic rings. The average Bonchev–Trinajstić information content (AvgIpc) is 2.94. The number of ether oxygens (including phenoxy) is 1. The fourth-order valence-corrected chi connectivity index (χ4v) is 2.76. The molecule has 124 valence electrons. The lowest BCUT2D eigenvalue weighted by molar-refractivity contribution is 0.304. The van der Waals surface area contributed by atoms with Crippen molar-refractivity contribution in [2.45, 2.75) is 19.8 Å². The van der Waals surface area contributed by atoms with Crippen LogP contribution < -0.4 is 4.74 Å². The van der Waals surface area contributed by atoms with Crippen LogP contribution in [0.25, 0.3) is 11.3 Å². The third kappa shape index (κ3) is 4.11. The van der Waals surface area contributed by atoms with Gasteiger partial charge in [-0.1, -0.05) is 41.9 Å². The average molecular weight is 362 g/mol. The Hall–Kier alpha value is -1.97. The summed E-state index contributed by atoms with van der Waals surface area (Å²) in [4.78, 5) is 4.28. The highest BCUT2D eigenvalue weighted by Gasteiger charge is 2.14. The van der Waals surface area contributed by atoms with Crippen LogP contribution in [0.3, 0.4) is 0 Å². The van der Waals surface area contributed by atoms with Crippen LogP contribution in [0, 0.1) is 6.92 Å². The minimum absolute atomic E-state index is 0.148. The van der Waals surface area contributed by atoms with Gasteiger partial charge in [0, 0.05) is 17.0 Å². The van der Waals surface area contributed by atoms with Gasteiger partial charge < -0.3 is 9.15 Å².